The van der Waals surface area contributed by atoms with E-state index >= 15 is 0 Å². The number of methoxy groups -OCH3 is 1. The summed E-state index contributed by atoms with van der Waals surface area (Å²) in [7, 11) is 1.65. The van der Waals surface area contributed by atoms with Crippen molar-refractivity contribution in [2.75, 3.05) is 12.4 Å². The molecule has 0 aliphatic carbocycles. The Kier molecular flexibility index (Phi) is 3.90. The van der Waals surface area contributed by atoms with Gasteiger partial charge in [0, 0.05) is 27.1 Å². The van der Waals surface area contributed by atoms with Crippen LogP contribution in [0.4, 0.5) is 11.5 Å². The van der Waals surface area contributed by atoms with Crippen LogP contribution in [0.2, 0.25) is 0 Å². The molecule has 22 heavy (non-hydrogen) atoms. The Balaban J connectivity index is 2.14. The van der Waals surface area contributed by atoms with Crippen LogP contribution in [0.3, 0.4) is 0 Å². The first-order valence-corrected chi connectivity index (χ1v) is 7.57. The van der Waals surface area contributed by atoms with Gasteiger partial charge in [0.05, 0.1) is 7.11 Å². The number of fused-ring (bicyclic) bond motifs is 1. The van der Waals surface area contributed by atoms with Gasteiger partial charge in [-0.05, 0) is 52.7 Å². The number of phenolic OH excluding ortho intramolecular Hbond substituents is 1. The zero-order valence-corrected chi connectivity index (χ0v) is 13.8. The number of pyridine rings is 1. The second-order valence-electron chi connectivity index (χ2n) is 4.96. The number of ether oxygens (including phenoxy) is 1. The predicted octanol–water partition coefficient (Wildman–Crippen LogP) is 4.76. The SMILES string of the molecule is COc1cccc2c(Nc3ccc(O)cc3C)ncc(Br)c12. The zero-order chi connectivity index (χ0) is 15.7. The third kappa shape index (κ3) is 2.60. The molecule has 0 aliphatic rings. The molecule has 2 aromatic carbocycles. The van der Waals surface area contributed by atoms with Crippen molar-refractivity contribution >= 4 is 38.2 Å². The van der Waals surface area contributed by atoms with Crippen LogP contribution in [-0.2, 0) is 0 Å². The summed E-state index contributed by atoms with van der Waals surface area (Å²) in [5.74, 6) is 1.78. The number of rotatable bonds is 3. The minimum Gasteiger partial charge on any atom is -0.508 e. The molecule has 0 spiro atoms. The number of hydrogen-bond acceptors (Lipinski definition) is 4. The molecule has 0 amide bonds. The minimum atomic E-state index is 0.248. The molecule has 0 saturated heterocycles. The molecule has 0 aliphatic heterocycles. The Labute approximate surface area is 136 Å². The summed E-state index contributed by atoms with van der Waals surface area (Å²) in [6.45, 7) is 1.93. The lowest BCUT2D eigenvalue weighted by Gasteiger charge is -2.14. The number of nitrogens with zero attached hydrogens (tertiary/aromatic N) is 1. The fraction of sp³-hybridized carbons (Fsp3) is 0.118. The molecular weight excluding hydrogens is 344 g/mol. The fourth-order valence-electron chi connectivity index (χ4n) is 2.42. The maximum atomic E-state index is 9.51. The first-order valence-electron chi connectivity index (χ1n) is 6.78. The van der Waals surface area contributed by atoms with Gasteiger partial charge in [0.1, 0.15) is 17.3 Å². The van der Waals surface area contributed by atoms with E-state index in [1.807, 2.05) is 31.2 Å². The van der Waals surface area contributed by atoms with E-state index in [-0.39, 0.29) is 5.75 Å². The van der Waals surface area contributed by atoms with Gasteiger partial charge in [-0.3, -0.25) is 0 Å². The maximum Gasteiger partial charge on any atom is 0.138 e. The fourth-order valence-corrected chi connectivity index (χ4v) is 2.93. The molecule has 5 heteroatoms. The zero-order valence-electron chi connectivity index (χ0n) is 12.2. The van der Waals surface area contributed by atoms with Crippen LogP contribution >= 0.6 is 15.9 Å². The van der Waals surface area contributed by atoms with Gasteiger partial charge in [0.2, 0.25) is 0 Å². The Hall–Kier alpha value is -2.27. The van der Waals surface area contributed by atoms with Crippen LogP contribution in [0.15, 0.2) is 47.1 Å². The molecular formula is C17H15BrN2O2. The molecule has 1 heterocycles. The summed E-state index contributed by atoms with van der Waals surface area (Å²) in [5.41, 5.74) is 1.84. The van der Waals surface area contributed by atoms with Gasteiger partial charge < -0.3 is 15.2 Å². The lowest BCUT2D eigenvalue weighted by Crippen LogP contribution is -1.98. The van der Waals surface area contributed by atoms with Crippen LogP contribution in [0, 0.1) is 6.92 Å². The van der Waals surface area contributed by atoms with E-state index < -0.39 is 0 Å². The third-order valence-corrected chi connectivity index (χ3v) is 4.11. The van der Waals surface area contributed by atoms with E-state index in [0.29, 0.717) is 0 Å². The van der Waals surface area contributed by atoms with E-state index in [2.05, 4.69) is 26.2 Å². The molecule has 1 aromatic heterocycles. The summed E-state index contributed by atoms with van der Waals surface area (Å²) in [4.78, 5) is 4.46. The van der Waals surface area contributed by atoms with Crippen molar-refractivity contribution in [1.29, 1.82) is 0 Å². The van der Waals surface area contributed by atoms with Crippen molar-refractivity contribution in [3.63, 3.8) is 0 Å². The molecule has 3 rings (SSSR count). The molecule has 0 radical (unpaired) electrons. The number of phenols is 1. The summed E-state index contributed by atoms with van der Waals surface area (Å²) >= 11 is 3.53. The molecule has 3 aromatic rings. The first-order chi connectivity index (χ1) is 10.6. The molecule has 4 nitrogen and oxygen atoms in total. The highest BCUT2D eigenvalue weighted by molar-refractivity contribution is 9.10. The van der Waals surface area contributed by atoms with E-state index in [1.54, 1.807) is 25.4 Å². The van der Waals surface area contributed by atoms with Crippen molar-refractivity contribution in [2.45, 2.75) is 6.92 Å². The Morgan fingerprint density at radius 2 is 2.05 bits per heavy atom. The van der Waals surface area contributed by atoms with Crippen molar-refractivity contribution in [1.82, 2.24) is 4.98 Å². The molecule has 0 fully saturated rings. The van der Waals surface area contributed by atoms with Crippen LogP contribution in [-0.4, -0.2) is 17.2 Å². The van der Waals surface area contributed by atoms with Crippen molar-refractivity contribution in [3.8, 4) is 11.5 Å². The first kappa shape index (κ1) is 14.7. The predicted molar refractivity (Wildman–Crippen MR) is 92.1 cm³/mol. The number of benzene rings is 2. The lowest BCUT2D eigenvalue weighted by molar-refractivity contribution is 0.419. The Bertz CT molecular complexity index is 849. The van der Waals surface area contributed by atoms with Gasteiger partial charge in [-0.25, -0.2) is 4.98 Å². The van der Waals surface area contributed by atoms with E-state index in [9.17, 15) is 5.11 Å². The van der Waals surface area contributed by atoms with Crippen LogP contribution in [0.5, 0.6) is 11.5 Å². The largest absolute Gasteiger partial charge is 0.508 e. The Morgan fingerprint density at radius 3 is 2.77 bits per heavy atom. The molecule has 0 atom stereocenters. The summed E-state index contributed by atoms with van der Waals surface area (Å²) in [6, 6.07) is 11.0. The van der Waals surface area contributed by atoms with Gasteiger partial charge in [-0.15, -0.1) is 0 Å². The van der Waals surface area contributed by atoms with Crippen LogP contribution in [0.25, 0.3) is 10.8 Å². The number of aryl methyl sites for hydroxylation is 1. The highest BCUT2D eigenvalue weighted by Crippen LogP contribution is 2.36. The Morgan fingerprint density at radius 1 is 1.23 bits per heavy atom. The normalized spacial score (nSPS) is 10.7. The molecule has 0 saturated carbocycles. The molecule has 0 bridgehead atoms. The van der Waals surface area contributed by atoms with Crippen LogP contribution < -0.4 is 10.1 Å². The molecule has 112 valence electrons. The highest BCUT2D eigenvalue weighted by Gasteiger charge is 2.11. The van der Waals surface area contributed by atoms with Gasteiger partial charge in [0.25, 0.3) is 0 Å². The number of anilines is 2. The van der Waals surface area contributed by atoms with Gasteiger partial charge >= 0.3 is 0 Å². The number of hydrogen-bond donors (Lipinski definition) is 2. The maximum absolute atomic E-state index is 9.51. The van der Waals surface area contributed by atoms with Crippen molar-refractivity contribution < 1.29 is 9.84 Å². The number of aromatic nitrogens is 1. The van der Waals surface area contributed by atoms with E-state index in [1.165, 1.54) is 0 Å². The summed E-state index contributed by atoms with van der Waals surface area (Å²) < 4.78 is 6.32. The average Bonchev–Trinajstić information content (AvgIpc) is 2.52. The minimum absolute atomic E-state index is 0.248. The van der Waals surface area contributed by atoms with Crippen LogP contribution in [0.1, 0.15) is 5.56 Å². The summed E-state index contributed by atoms with van der Waals surface area (Å²) in [6.07, 6.45) is 1.75. The number of halogens is 1. The monoisotopic (exact) mass is 358 g/mol. The second kappa shape index (κ2) is 5.85. The lowest BCUT2D eigenvalue weighted by atomic mass is 10.1. The average molecular weight is 359 g/mol. The number of aromatic hydroxyl groups is 1. The smallest absolute Gasteiger partial charge is 0.138 e. The molecule has 2 N–H and O–H groups in total. The van der Waals surface area contributed by atoms with Crippen molar-refractivity contribution in [3.05, 3.63) is 52.6 Å². The topological polar surface area (TPSA) is 54.4 Å². The highest BCUT2D eigenvalue weighted by atomic mass is 79.9. The van der Waals surface area contributed by atoms with Gasteiger partial charge in [-0.2, -0.15) is 0 Å². The number of nitrogens with one attached hydrogen (secondary N) is 1. The van der Waals surface area contributed by atoms with Gasteiger partial charge in [0.15, 0.2) is 0 Å². The second-order valence-corrected chi connectivity index (χ2v) is 5.82. The summed E-state index contributed by atoms with van der Waals surface area (Å²) in [5, 5.41) is 14.8. The van der Waals surface area contributed by atoms with E-state index in [0.717, 1.165) is 38.1 Å². The van der Waals surface area contributed by atoms with Crippen molar-refractivity contribution in [2.24, 2.45) is 0 Å². The van der Waals surface area contributed by atoms with Gasteiger partial charge in [-0.1, -0.05) is 12.1 Å². The standard InChI is InChI=1S/C17H15BrN2O2/c1-10-8-11(21)6-7-14(10)20-17-12-4-3-5-15(22-2)16(12)13(18)9-19-17/h3-9,21H,1-2H3,(H,19,20). The molecule has 0 unspecified atom stereocenters. The third-order valence-electron chi connectivity index (χ3n) is 3.51. The quantitative estimate of drug-likeness (QED) is 0.662. The van der Waals surface area contributed by atoms with E-state index in [4.69, 9.17) is 4.74 Å².